The van der Waals surface area contributed by atoms with E-state index in [4.69, 9.17) is 4.74 Å². The van der Waals surface area contributed by atoms with Gasteiger partial charge in [-0.05, 0) is 32.5 Å². The third-order valence-electron chi connectivity index (χ3n) is 3.69. The van der Waals surface area contributed by atoms with Crippen LogP contribution >= 0.6 is 0 Å². The average molecular weight is 278 g/mol. The molecule has 0 heterocycles. The quantitative estimate of drug-likeness (QED) is 0.873. The number of likely N-dealkylation sites (N-methyl/N-ethyl adjacent to an activating group) is 1. The van der Waals surface area contributed by atoms with Crippen molar-refractivity contribution in [1.82, 2.24) is 10.2 Å². The second-order valence-corrected chi connectivity index (χ2v) is 5.47. The molecule has 0 unspecified atom stereocenters. The van der Waals surface area contributed by atoms with E-state index in [0.717, 1.165) is 12.0 Å². The summed E-state index contributed by atoms with van der Waals surface area (Å²) in [6.07, 6.45) is 0.493. The van der Waals surface area contributed by atoms with E-state index in [1.165, 1.54) is 0 Å². The Hall–Kier alpha value is -1.59. The van der Waals surface area contributed by atoms with Gasteiger partial charge in [-0.25, -0.2) is 4.79 Å². The molecule has 5 heteroatoms. The van der Waals surface area contributed by atoms with E-state index in [0.29, 0.717) is 6.42 Å². The molecule has 0 spiro atoms. The van der Waals surface area contributed by atoms with Crippen LogP contribution in [0.1, 0.15) is 18.4 Å². The van der Waals surface area contributed by atoms with Crippen LogP contribution in [0.4, 0.5) is 4.79 Å². The lowest BCUT2D eigenvalue weighted by molar-refractivity contribution is 0.0998. The molecule has 0 saturated heterocycles. The topological polar surface area (TPSA) is 61.8 Å². The number of nitrogens with one attached hydrogen (secondary N) is 1. The summed E-state index contributed by atoms with van der Waals surface area (Å²) < 4.78 is 5.18. The predicted molar refractivity (Wildman–Crippen MR) is 76.3 cm³/mol. The van der Waals surface area contributed by atoms with Gasteiger partial charge in [0.15, 0.2) is 0 Å². The molecule has 1 aliphatic carbocycles. The van der Waals surface area contributed by atoms with Crippen LogP contribution in [0.3, 0.4) is 0 Å². The van der Waals surface area contributed by atoms with Gasteiger partial charge in [0.05, 0.1) is 6.10 Å². The summed E-state index contributed by atoms with van der Waals surface area (Å²) >= 11 is 0. The number of benzene rings is 1. The highest BCUT2D eigenvalue weighted by atomic mass is 16.5. The molecule has 110 valence electrons. The van der Waals surface area contributed by atoms with Crippen LogP contribution < -0.4 is 5.32 Å². The van der Waals surface area contributed by atoms with Crippen molar-refractivity contribution in [3.05, 3.63) is 35.9 Å². The highest BCUT2D eigenvalue weighted by molar-refractivity contribution is 5.67. The summed E-state index contributed by atoms with van der Waals surface area (Å²) in [5.41, 5.74) is 0.959. The highest BCUT2D eigenvalue weighted by Crippen LogP contribution is 2.23. The lowest BCUT2D eigenvalue weighted by Gasteiger charge is -2.22. The van der Waals surface area contributed by atoms with E-state index in [-0.39, 0.29) is 18.7 Å². The molecule has 0 radical (unpaired) electrons. The molecule has 2 N–H and O–H groups in total. The zero-order chi connectivity index (χ0) is 14.5. The third kappa shape index (κ3) is 3.95. The van der Waals surface area contributed by atoms with Gasteiger partial charge in [0.25, 0.3) is 0 Å². The van der Waals surface area contributed by atoms with Crippen LogP contribution in [0.2, 0.25) is 0 Å². The maximum Gasteiger partial charge on any atom is 0.407 e. The van der Waals surface area contributed by atoms with Crippen LogP contribution in [0.15, 0.2) is 30.3 Å². The van der Waals surface area contributed by atoms with Crippen molar-refractivity contribution in [2.45, 2.75) is 37.6 Å². The van der Waals surface area contributed by atoms with Gasteiger partial charge < -0.3 is 20.1 Å². The molecule has 1 amide bonds. The van der Waals surface area contributed by atoms with Crippen LogP contribution in [0.5, 0.6) is 0 Å². The number of ether oxygens (including phenoxy) is 1. The van der Waals surface area contributed by atoms with Crippen LogP contribution in [-0.2, 0) is 11.3 Å². The van der Waals surface area contributed by atoms with Crippen molar-refractivity contribution in [3.8, 4) is 0 Å². The lowest BCUT2D eigenvalue weighted by atomic mass is 10.2. The Balaban J connectivity index is 1.75. The van der Waals surface area contributed by atoms with Crippen LogP contribution in [-0.4, -0.2) is 48.4 Å². The Bertz CT molecular complexity index is 436. The molecular weight excluding hydrogens is 256 g/mol. The molecule has 5 nitrogen and oxygen atoms in total. The van der Waals surface area contributed by atoms with E-state index >= 15 is 0 Å². The minimum Gasteiger partial charge on any atom is -0.445 e. The average Bonchev–Trinajstić information content (AvgIpc) is 2.78. The first kappa shape index (κ1) is 14.8. The molecular formula is C15H22N2O3. The van der Waals surface area contributed by atoms with Crippen molar-refractivity contribution in [1.29, 1.82) is 0 Å². The van der Waals surface area contributed by atoms with Crippen LogP contribution in [0, 0.1) is 0 Å². The highest BCUT2D eigenvalue weighted by Gasteiger charge is 2.35. The first-order valence-electron chi connectivity index (χ1n) is 6.88. The van der Waals surface area contributed by atoms with Gasteiger partial charge in [-0.1, -0.05) is 30.3 Å². The maximum absolute atomic E-state index is 11.7. The van der Waals surface area contributed by atoms with Gasteiger partial charge in [-0.15, -0.1) is 0 Å². The standard InChI is InChI=1S/C15H22N2O3/c1-17(2)13-8-12(9-14(13)18)16-15(19)20-10-11-6-4-3-5-7-11/h3-7,12-14,18H,8-10H2,1-2H3,(H,16,19)/t12-,13+,14+/m1/s1. The number of aliphatic hydroxyl groups is 1. The molecule has 3 atom stereocenters. The second-order valence-electron chi connectivity index (χ2n) is 5.47. The van der Waals surface area contributed by atoms with Crippen molar-refractivity contribution in [3.63, 3.8) is 0 Å². The minimum atomic E-state index is -0.426. The Morgan fingerprint density at radius 2 is 2.05 bits per heavy atom. The van der Waals surface area contributed by atoms with Crippen molar-refractivity contribution >= 4 is 6.09 Å². The van der Waals surface area contributed by atoms with E-state index in [9.17, 15) is 9.90 Å². The molecule has 0 aliphatic heterocycles. The summed E-state index contributed by atoms with van der Waals surface area (Å²) in [6, 6.07) is 9.63. The van der Waals surface area contributed by atoms with E-state index in [1.54, 1.807) is 0 Å². The van der Waals surface area contributed by atoms with Gasteiger partial charge in [-0.2, -0.15) is 0 Å². The van der Waals surface area contributed by atoms with E-state index < -0.39 is 12.2 Å². The normalized spacial score (nSPS) is 25.7. The Morgan fingerprint density at radius 3 is 2.65 bits per heavy atom. The second kappa shape index (κ2) is 6.72. The first-order chi connectivity index (χ1) is 9.56. The maximum atomic E-state index is 11.7. The van der Waals surface area contributed by atoms with Gasteiger partial charge in [0, 0.05) is 12.1 Å². The number of nitrogens with zero attached hydrogens (tertiary/aromatic N) is 1. The van der Waals surface area contributed by atoms with Crippen LogP contribution in [0.25, 0.3) is 0 Å². The zero-order valence-corrected chi connectivity index (χ0v) is 12.0. The number of rotatable bonds is 4. The zero-order valence-electron chi connectivity index (χ0n) is 12.0. The number of amides is 1. The number of hydrogen-bond acceptors (Lipinski definition) is 4. The molecule has 2 rings (SSSR count). The summed E-state index contributed by atoms with van der Waals surface area (Å²) in [7, 11) is 3.87. The van der Waals surface area contributed by atoms with Gasteiger partial charge in [0.2, 0.25) is 0 Å². The molecule has 1 aliphatic rings. The lowest BCUT2D eigenvalue weighted by Crippen LogP contribution is -2.36. The molecule has 1 aromatic rings. The third-order valence-corrected chi connectivity index (χ3v) is 3.69. The number of hydrogen-bond donors (Lipinski definition) is 2. The Kier molecular flexibility index (Phi) is 4.98. The Labute approximate surface area is 119 Å². The fourth-order valence-electron chi connectivity index (χ4n) is 2.60. The SMILES string of the molecule is CN(C)[C@H]1C[C@@H](NC(=O)OCc2ccccc2)C[C@@H]1O. The largest absolute Gasteiger partial charge is 0.445 e. The predicted octanol–water partition coefficient (Wildman–Crippen LogP) is 1.37. The number of alkyl carbamates (subject to hydrolysis) is 1. The number of carbonyl (C=O) groups is 1. The summed E-state index contributed by atoms with van der Waals surface area (Å²) in [4.78, 5) is 13.7. The fourth-order valence-corrected chi connectivity index (χ4v) is 2.60. The van der Waals surface area contributed by atoms with E-state index in [2.05, 4.69) is 5.32 Å². The number of carbonyl (C=O) groups excluding carboxylic acids is 1. The van der Waals surface area contributed by atoms with Gasteiger partial charge in [-0.3, -0.25) is 0 Å². The fraction of sp³-hybridized carbons (Fsp3) is 0.533. The molecule has 1 saturated carbocycles. The van der Waals surface area contributed by atoms with Gasteiger partial charge >= 0.3 is 6.09 Å². The Morgan fingerprint density at radius 1 is 1.35 bits per heavy atom. The molecule has 20 heavy (non-hydrogen) atoms. The summed E-state index contributed by atoms with van der Waals surface area (Å²) in [6.45, 7) is 0.263. The monoisotopic (exact) mass is 278 g/mol. The summed E-state index contributed by atoms with van der Waals surface area (Å²) in [5, 5.41) is 12.7. The van der Waals surface area contributed by atoms with E-state index in [1.807, 2.05) is 49.3 Å². The summed E-state index contributed by atoms with van der Waals surface area (Å²) in [5.74, 6) is 0. The molecule has 1 aromatic carbocycles. The van der Waals surface area contributed by atoms with Crippen molar-refractivity contribution in [2.75, 3.05) is 14.1 Å². The number of aliphatic hydroxyl groups excluding tert-OH is 1. The van der Waals surface area contributed by atoms with Gasteiger partial charge in [0.1, 0.15) is 6.61 Å². The molecule has 1 fully saturated rings. The smallest absolute Gasteiger partial charge is 0.407 e. The molecule has 0 bridgehead atoms. The first-order valence-corrected chi connectivity index (χ1v) is 6.88. The van der Waals surface area contributed by atoms with Crippen molar-refractivity contribution < 1.29 is 14.6 Å². The molecule has 0 aromatic heterocycles. The minimum absolute atomic E-state index is 0.0272. The van der Waals surface area contributed by atoms with Crippen molar-refractivity contribution in [2.24, 2.45) is 0 Å².